The van der Waals surface area contributed by atoms with Crippen molar-refractivity contribution in [1.29, 1.82) is 0 Å². The molecule has 3 rings (SSSR count). The lowest BCUT2D eigenvalue weighted by Gasteiger charge is -2.29. The van der Waals surface area contributed by atoms with Crippen LogP contribution >= 0.6 is 0 Å². The van der Waals surface area contributed by atoms with Gasteiger partial charge in [0, 0.05) is 17.8 Å². The van der Waals surface area contributed by atoms with E-state index in [1.54, 1.807) is 18.2 Å². The van der Waals surface area contributed by atoms with Gasteiger partial charge in [-0.05, 0) is 56.5 Å². The Bertz CT molecular complexity index is 889. The predicted molar refractivity (Wildman–Crippen MR) is 101 cm³/mol. The fourth-order valence-electron chi connectivity index (χ4n) is 2.92. The van der Waals surface area contributed by atoms with Crippen LogP contribution in [0.25, 0.3) is 0 Å². The molecule has 1 N–H and O–H groups in total. The molecular weight excluding hydrogens is 336 g/mol. The first kappa shape index (κ1) is 17.5. The smallest absolute Gasteiger partial charge is 0.255 e. The van der Waals surface area contributed by atoms with E-state index in [1.165, 1.54) is 4.31 Å². The SMILES string of the molecule is Cc1ccc(NC(=O)c2ccc(C)c(N3CCCCS3(=O)=O)c2)cc1. The zero-order valence-electron chi connectivity index (χ0n) is 14.5. The van der Waals surface area contributed by atoms with Crippen LogP contribution in [-0.2, 0) is 10.0 Å². The maximum Gasteiger partial charge on any atom is 0.255 e. The van der Waals surface area contributed by atoms with Crippen molar-refractivity contribution in [1.82, 2.24) is 0 Å². The summed E-state index contributed by atoms with van der Waals surface area (Å²) in [6.45, 7) is 4.31. The Labute approximate surface area is 148 Å². The van der Waals surface area contributed by atoms with Gasteiger partial charge in [-0.2, -0.15) is 0 Å². The van der Waals surface area contributed by atoms with Gasteiger partial charge in [-0.1, -0.05) is 23.8 Å². The molecule has 5 nitrogen and oxygen atoms in total. The second-order valence-corrected chi connectivity index (χ2v) is 8.43. The van der Waals surface area contributed by atoms with Crippen LogP contribution in [-0.4, -0.2) is 26.6 Å². The molecule has 1 saturated heterocycles. The van der Waals surface area contributed by atoms with Gasteiger partial charge >= 0.3 is 0 Å². The van der Waals surface area contributed by atoms with E-state index in [2.05, 4.69) is 5.32 Å². The lowest BCUT2D eigenvalue weighted by Crippen LogP contribution is -2.38. The number of aryl methyl sites for hydroxylation is 2. The number of carbonyl (C=O) groups is 1. The summed E-state index contributed by atoms with van der Waals surface area (Å²) in [5.74, 6) is -0.0915. The minimum Gasteiger partial charge on any atom is -0.322 e. The number of nitrogens with one attached hydrogen (secondary N) is 1. The molecule has 1 aliphatic heterocycles. The van der Waals surface area contributed by atoms with Gasteiger partial charge in [0.2, 0.25) is 10.0 Å². The monoisotopic (exact) mass is 358 g/mol. The van der Waals surface area contributed by atoms with Crippen LogP contribution in [0.2, 0.25) is 0 Å². The zero-order valence-corrected chi connectivity index (χ0v) is 15.3. The molecule has 2 aromatic rings. The number of rotatable bonds is 3. The Kier molecular flexibility index (Phi) is 4.81. The van der Waals surface area contributed by atoms with Crippen LogP contribution in [0.1, 0.15) is 34.3 Å². The van der Waals surface area contributed by atoms with E-state index in [9.17, 15) is 13.2 Å². The molecule has 0 radical (unpaired) electrons. The molecule has 0 unspecified atom stereocenters. The molecule has 0 saturated carbocycles. The standard InChI is InChI=1S/C19H22N2O3S/c1-14-5-9-17(10-6-14)20-19(22)16-8-7-15(2)18(13-16)21-11-3-4-12-25(21,23)24/h5-10,13H,3-4,11-12H2,1-2H3,(H,20,22). The van der Waals surface area contributed by atoms with Gasteiger partial charge in [0.25, 0.3) is 5.91 Å². The highest BCUT2D eigenvalue weighted by Crippen LogP contribution is 2.28. The predicted octanol–water partition coefficient (Wildman–Crippen LogP) is 3.49. The zero-order chi connectivity index (χ0) is 18.0. The van der Waals surface area contributed by atoms with Gasteiger partial charge in [0.15, 0.2) is 0 Å². The van der Waals surface area contributed by atoms with Crippen LogP contribution in [0.5, 0.6) is 0 Å². The molecule has 1 amide bonds. The maximum atomic E-state index is 12.5. The van der Waals surface area contributed by atoms with Gasteiger partial charge < -0.3 is 5.32 Å². The number of hydrogen-bond acceptors (Lipinski definition) is 3. The number of benzene rings is 2. The third kappa shape index (κ3) is 3.85. The van der Waals surface area contributed by atoms with Crippen LogP contribution in [0.4, 0.5) is 11.4 Å². The number of nitrogens with zero attached hydrogens (tertiary/aromatic N) is 1. The van der Waals surface area contributed by atoms with Crippen molar-refractivity contribution >= 4 is 27.3 Å². The van der Waals surface area contributed by atoms with Gasteiger partial charge in [0.05, 0.1) is 11.4 Å². The Hall–Kier alpha value is -2.34. The minimum absolute atomic E-state index is 0.159. The third-order valence-corrected chi connectivity index (χ3v) is 6.25. The van der Waals surface area contributed by atoms with Crippen molar-refractivity contribution < 1.29 is 13.2 Å². The van der Waals surface area contributed by atoms with E-state index < -0.39 is 10.0 Å². The first-order valence-corrected chi connectivity index (χ1v) is 9.97. The lowest BCUT2D eigenvalue weighted by molar-refractivity contribution is 0.102. The van der Waals surface area contributed by atoms with Crippen molar-refractivity contribution in [3.8, 4) is 0 Å². The molecule has 0 bridgehead atoms. The summed E-state index contributed by atoms with van der Waals surface area (Å²) >= 11 is 0. The number of anilines is 2. The number of carbonyl (C=O) groups excluding carboxylic acids is 1. The largest absolute Gasteiger partial charge is 0.322 e. The third-order valence-electron chi connectivity index (χ3n) is 4.40. The van der Waals surface area contributed by atoms with Crippen LogP contribution in [0, 0.1) is 13.8 Å². The first-order chi connectivity index (χ1) is 11.9. The Morgan fingerprint density at radius 3 is 2.44 bits per heavy atom. The lowest BCUT2D eigenvalue weighted by atomic mass is 10.1. The van der Waals surface area contributed by atoms with E-state index in [0.29, 0.717) is 29.9 Å². The highest BCUT2D eigenvalue weighted by atomic mass is 32.2. The fraction of sp³-hybridized carbons (Fsp3) is 0.316. The summed E-state index contributed by atoms with van der Waals surface area (Å²) in [6, 6.07) is 12.7. The highest BCUT2D eigenvalue weighted by molar-refractivity contribution is 7.92. The summed E-state index contributed by atoms with van der Waals surface area (Å²) in [4.78, 5) is 12.5. The van der Waals surface area contributed by atoms with Crippen molar-refractivity contribution in [3.05, 3.63) is 59.2 Å². The quantitative estimate of drug-likeness (QED) is 0.913. The highest BCUT2D eigenvalue weighted by Gasteiger charge is 2.27. The summed E-state index contributed by atoms with van der Waals surface area (Å²) in [5.41, 5.74) is 3.71. The average Bonchev–Trinajstić information content (AvgIpc) is 2.57. The van der Waals surface area contributed by atoms with Gasteiger partial charge in [-0.3, -0.25) is 9.10 Å². The van der Waals surface area contributed by atoms with Crippen LogP contribution < -0.4 is 9.62 Å². The van der Waals surface area contributed by atoms with Gasteiger partial charge in [0.1, 0.15) is 0 Å². The second kappa shape index (κ2) is 6.88. The molecule has 25 heavy (non-hydrogen) atoms. The van der Waals surface area contributed by atoms with Gasteiger partial charge in [-0.15, -0.1) is 0 Å². The van der Waals surface area contributed by atoms with E-state index >= 15 is 0 Å². The molecule has 0 aromatic heterocycles. The summed E-state index contributed by atoms with van der Waals surface area (Å²) in [5, 5.41) is 2.85. The average molecular weight is 358 g/mol. The molecule has 132 valence electrons. The molecule has 1 heterocycles. The molecule has 0 atom stereocenters. The van der Waals surface area contributed by atoms with Crippen molar-refractivity contribution in [3.63, 3.8) is 0 Å². The van der Waals surface area contributed by atoms with Crippen molar-refractivity contribution in [2.75, 3.05) is 21.9 Å². The number of hydrogen-bond donors (Lipinski definition) is 1. The molecule has 1 fully saturated rings. The Balaban J connectivity index is 1.88. The molecule has 0 spiro atoms. The molecule has 2 aromatic carbocycles. The molecular formula is C19H22N2O3S. The normalized spacial score (nSPS) is 16.5. The van der Waals surface area contributed by atoms with E-state index in [0.717, 1.165) is 17.5 Å². The van der Waals surface area contributed by atoms with Crippen LogP contribution in [0.3, 0.4) is 0 Å². The summed E-state index contributed by atoms with van der Waals surface area (Å²) in [7, 11) is -3.30. The molecule has 6 heteroatoms. The molecule has 1 aliphatic rings. The van der Waals surface area contributed by atoms with E-state index in [-0.39, 0.29) is 11.7 Å². The first-order valence-electron chi connectivity index (χ1n) is 8.36. The van der Waals surface area contributed by atoms with Crippen molar-refractivity contribution in [2.24, 2.45) is 0 Å². The van der Waals surface area contributed by atoms with E-state index in [4.69, 9.17) is 0 Å². The minimum atomic E-state index is -3.30. The number of amides is 1. The number of sulfonamides is 1. The van der Waals surface area contributed by atoms with E-state index in [1.807, 2.05) is 38.1 Å². The van der Waals surface area contributed by atoms with Gasteiger partial charge in [-0.25, -0.2) is 8.42 Å². The van der Waals surface area contributed by atoms with Crippen LogP contribution in [0.15, 0.2) is 42.5 Å². The maximum absolute atomic E-state index is 12.5. The fourth-order valence-corrected chi connectivity index (χ4v) is 4.61. The topological polar surface area (TPSA) is 66.5 Å². The van der Waals surface area contributed by atoms with Crippen molar-refractivity contribution in [2.45, 2.75) is 26.7 Å². The summed E-state index contributed by atoms with van der Waals surface area (Å²) in [6.07, 6.45) is 1.52. The molecule has 0 aliphatic carbocycles. The Morgan fingerprint density at radius 2 is 1.76 bits per heavy atom. The Morgan fingerprint density at radius 1 is 1.04 bits per heavy atom. The summed E-state index contributed by atoms with van der Waals surface area (Å²) < 4.78 is 26.2. The second-order valence-electron chi connectivity index (χ2n) is 6.42.